The second kappa shape index (κ2) is 6.12. The lowest BCUT2D eigenvalue weighted by Gasteiger charge is -2.20. The van der Waals surface area contributed by atoms with Gasteiger partial charge in [-0.2, -0.15) is 0 Å². The van der Waals surface area contributed by atoms with Crippen LogP contribution in [0.15, 0.2) is 12.1 Å². The molecule has 0 saturated carbocycles. The third-order valence-electron chi connectivity index (χ3n) is 2.13. The van der Waals surface area contributed by atoms with Crippen molar-refractivity contribution in [1.82, 2.24) is 4.98 Å². The summed E-state index contributed by atoms with van der Waals surface area (Å²) >= 11 is 5.75. The molecular formula is C12H13ClN2O2. The van der Waals surface area contributed by atoms with E-state index in [2.05, 4.69) is 10.9 Å². The average molecular weight is 253 g/mol. The predicted molar refractivity (Wildman–Crippen MR) is 67.5 cm³/mol. The van der Waals surface area contributed by atoms with E-state index in [4.69, 9.17) is 23.1 Å². The van der Waals surface area contributed by atoms with E-state index in [1.165, 1.54) is 6.07 Å². The molecule has 1 heterocycles. The number of carboxylic acids is 1. The average Bonchev–Trinajstić information content (AvgIpc) is 2.29. The Morgan fingerprint density at radius 1 is 1.65 bits per heavy atom. The van der Waals surface area contributed by atoms with Gasteiger partial charge < -0.3 is 10.0 Å². The highest BCUT2D eigenvalue weighted by molar-refractivity contribution is 6.33. The van der Waals surface area contributed by atoms with Gasteiger partial charge in [-0.1, -0.05) is 24.4 Å². The van der Waals surface area contributed by atoms with Crippen LogP contribution in [-0.4, -0.2) is 29.1 Å². The standard InChI is InChI=1S/C12H13ClN2O2/c1-3-7-15(8-4-2)10-6-5-9(13)11(14-10)12(16)17/h1,5-6H,4,7-8H2,2H3,(H,16,17). The predicted octanol–water partition coefficient (Wildman–Crippen LogP) is 2.28. The van der Waals surface area contributed by atoms with Gasteiger partial charge in [0, 0.05) is 6.54 Å². The van der Waals surface area contributed by atoms with Crippen LogP contribution in [0.4, 0.5) is 5.82 Å². The number of rotatable bonds is 5. The van der Waals surface area contributed by atoms with E-state index in [-0.39, 0.29) is 10.7 Å². The summed E-state index contributed by atoms with van der Waals surface area (Å²) in [6.07, 6.45) is 6.16. The van der Waals surface area contributed by atoms with Crippen LogP contribution in [0.5, 0.6) is 0 Å². The molecule has 0 spiro atoms. The Labute approximate surface area is 105 Å². The zero-order valence-corrected chi connectivity index (χ0v) is 10.2. The normalized spacial score (nSPS) is 9.71. The minimum Gasteiger partial charge on any atom is -0.476 e. The van der Waals surface area contributed by atoms with Gasteiger partial charge in [0.25, 0.3) is 0 Å². The summed E-state index contributed by atoms with van der Waals surface area (Å²) in [5.74, 6) is 1.91. The van der Waals surface area contributed by atoms with Gasteiger partial charge in [0.2, 0.25) is 0 Å². The molecule has 0 aromatic carbocycles. The molecule has 90 valence electrons. The Balaban J connectivity index is 3.08. The number of aromatic carboxylic acids is 1. The molecule has 1 aromatic heterocycles. The molecule has 0 fully saturated rings. The molecule has 0 amide bonds. The topological polar surface area (TPSA) is 53.4 Å². The molecule has 5 heteroatoms. The number of pyridine rings is 1. The third kappa shape index (κ3) is 3.36. The van der Waals surface area contributed by atoms with Crippen LogP contribution in [0.1, 0.15) is 23.8 Å². The first-order valence-corrected chi connectivity index (χ1v) is 5.56. The zero-order valence-electron chi connectivity index (χ0n) is 9.48. The van der Waals surface area contributed by atoms with Gasteiger partial charge in [0.1, 0.15) is 5.82 Å². The minimum absolute atomic E-state index is 0.124. The molecule has 1 rings (SSSR count). The molecule has 0 aliphatic heterocycles. The van der Waals surface area contributed by atoms with E-state index in [1.807, 2.05) is 11.8 Å². The van der Waals surface area contributed by atoms with Gasteiger partial charge in [-0.25, -0.2) is 9.78 Å². The number of hydrogen-bond acceptors (Lipinski definition) is 3. The Morgan fingerprint density at radius 2 is 2.35 bits per heavy atom. The van der Waals surface area contributed by atoms with Gasteiger partial charge in [-0.3, -0.25) is 0 Å². The SMILES string of the molecule is C#CCN(CCC)c1ccc(Cl)c(C(=O)O)n1. The van der Waals surface area contributed by atoms with Crippen LogP contribution in [0, 0.1) is 12.3 Å². The number of halogens is 1. The van der Waals surface area contributed by atoms with E-state index >= 15 is 0 Å². The monoisotopic (exact) mass is 252 g/mol. The van der Waals surface area contributed by atoms with Crippen molar-refractivity contribution in [3.63, 3.8) is 0 Å². The summed E-state index contributed by atoms with van der Waals surface area (Å²) in [6.45, 7) is 3.12. The molecule has 0 atom stereocenters. The lowest BCUT2D eigenvalue weighted by atomic mass is 10.3. The first-order valence-electron chi connectivity index (χ1n) is 5.18. The maximum absolute atomic E-state index is 10.9. The Hall–Kier alpha value is -1.73. The van der Waals surface area contributed by atoms with Crippen molar-refractivity contribution >= 4 is 23.4 Å². The number of aromatic nitrogens is 1. The fourth-order valence-corrected chi connectivity index (χ4v) is 1.60. The van der Waals surface area contributed by atoms with Gasteiger partial charge in [0.05, 0.1) is 11.6 Å². The molecule has 0 bridgehead atoms. The molecule has 0 aliphatic carbocycles. The van der Waals surface area contributed by atoms with Crippen LogP contribution in [0.3, 0.4) is 0 Å². The van der Waals surface area contributed by atoms with Gasteiger partial charge in [-0.15, -0.1) is 6.42 Å². The van der Waals surface area contributed by atoms with Crippen LogP contribution in [-0.2, 0) is 0 Å². The lowest BCUT2D eigenvalue weighted by molar-refractivity contribution is 0.0691. The van der Waals surface area contributed by atoms with E-state index < -0.39 is 5.97 Å². The highest BCUT2D eigenvalue weighted by Crippen LogP contribution is 2.19. The van der Waals surface area contributed by atoms with Gasteiger partial charge >= 0.3 is 5.97 Å². The first-order chi connectivity index (χ1) is 8.10. The highest BCUT2D eigenvalue weighted by atomic mass is 35.5. The van der Waals surface area contributed by atoms with E-state index in [0.717, 1.165) is 13.0 Å². The summed E-state index contributed by atoms with van der Waals surface area (Å²) in [7, 11) is 0. The van der Waals surface area contributed by atoms with Gasteiger partial charge in [0.15, 0.2) is 5.69 Å². The van der Waals surface area contributed by atoms with Crippen LogP contribution in [0.2, 0.25) is 5.02 Å². The van der Waals surface area contributed by atoms with Crippen LogP contribution in [0.25, 0.3) is 0 Å². The summed E-state index contributed by atoms with van der Waals surface area (Å²) in [5, 5.41) is 9.05. The molecule has 0 radical (unpaired) electrons. The Morgan fingerprint density at radius 3 is 2.88 bits per heavy atom. The van der Waals surface area contributed by atoms with Crippen molar-refractivity contribution in [2.24, 2.45) is 0 Å². The second-order valence-electron chi connectivity index (χ2n) is 3.43. The number of terminal acetylenes is 1. The van der Waals surface area contributed by atoms with Gasteiger partial charge in [-0.05, 0) is 18.6 Å². The minimum atomic E-state index is -1.14. The van der Waals surface area contributed by atoms with Crippen molar-refractivity contribution < 1.29 is 9.90 Å². The maximum atomic E-state index is 10.9. The quantitative estimate of drug-likeness (QED) is 0.817. The van der Waals surface area contributed by atoms with Crippen molar-refractivity contribution in [3.05, 3.63) is 22.8 Å². The van der Waals surface area contributed by atoms with Crippen molar-refractivity contribution in [2.45, 2.75) is 13.3 Å². The number of carbonyl (C=O) groups is 1. The molecule has 17 heavy (non-hydrogen) atoms. The Kier molecular flexibility index (Phi) is 4.80. The number of nitrogens with zero attached hydrogens (tertiary/aromatic N) is 2. The van der Waals surface area contributed by atoms with E-state index in [9.17, 15) is 4.79 Å². The number of carboxylic acid groups (broad SMARTS) is 1. The molecule has 1 aromatic rings. The van der Waals surface area contributed by atoms with Crippen molar-refractivity contribution in [3.8, 4) is 12.3 Å². The molecule has 0 aliphatic rings. The second-order valence-corrected chi connectivity index (χ2v) is 3.84. The van der Waals surface area contributed by atoms with E-state index in [1.54, 1.807) is 6.07 Å². The van der Waals surface area contributed by atoms with Crippen LogP contribution >= 0.6 is 11.6 Å². The first kappa shape index (κ1) is 13.3. The summed E-state index contributed by atoms with van der Waals surface area (Å²) < 4.78 is 0. The fourth-order valence-electron chi connectivity index (χ4n) is 1.41. The number of anilines is 1. The molecule has 0 unspecified atom stereocenters. The van der Waals surface area contributed by atoms with E-state index in [0.29, 0.717) is 12.4 Å². The fraction of sp³-hybridized carbons (Fsp3) is 0.333. The molecule has 4 nitrogen and oxygen atoms in total. The summed E-state index contributed by atoms with van der Waals surface area (Å²) in [6, 6.07) is 3.19. The molecular weight excluding hydrogens is 240 g/mol. The Bertz CT molecular complexity index is 454. The van der Waals surface area contributed by atoms with Crippen LogP contribution < -0.4 is 4.90 Å². The lowest BCUT2D eigenvalue weighted by Crippen LogP contribution is -2.25. The summed E-state index contributed by atoms with van der Waals surface area (Å²) in [4.78, 5) is 16.8. The highest BCUT2D eigenvalue weighted by Gasteiger charge is 2.14. The van der Waals surface area contributed by atoms with Crippen molar-refractivity contribution in [2.75, 3.05) is 18.0 Å². The molecule has 1 N–H and O–H groups in total. The van der Waals surface area contributed by atoms with Crippen molar-refractivity contribution in [1.29, 1.82) is 0 Å². The largest absolute Gasteiger partial charge is 0.476 e. The molecule has 0 saturated heterocycles. The smallest absolute Gasteiger partial charge is 0.356 e. The maximum Gasteiger partial charge on any atom is 0.356 e. The third-order valence-corrected chi connectivity index (χ3v) is 2.44. The number of hydrogen-bond donors (Lipinski definition) is 1. The summed E-state index contributed by atoms with van der Waals surface area (Å²) in [5.41, 5.74) is -0.151. The zero-order chi connectivity index (χ0) is 12.8.